The largest absolute Gasteiger partial charge is 0.395 e. The maximum Gasteiger partial charge on any atom is 0.220 e. The lowest BCUT2D eigenvalue weighted by atomic mass is 9.43. The molecule has 4 aliphatic rings. The third-order valence-corrected chi connectivity index (χ3v) is 9.03. The summed E-state index contributed by atoms with van der Waals surface area (Å²) in [6.45, 7) is 5.42. The van der Waals surface area contributed by atoms with E-state index in [0.29, 0.717) is 43.1 Å². The highest BCUT2D eigenvalue weighted by molar-refractivity contribution is 5.88. The number of carbonyl (C=O) groups is 2. The van der Waals surface area contributed by atoms with E-state index in [2.05, 4.69) is 19.0 Å². The summed E-state index contributed by atoms with van der Waals surface area (Å²) >= 11 is 0. The van der Waals surface area contributed by atoms with E-state index in [9.17, 15) is 9.59 Å². The maximum absolute atomic E-state index is 12.6. The van der Waals surface area contributed by atoms with Crippen molar-refractivity contribution < 1.29 is 14.4 Å². The standard InChI is InChI=1S/C22H35N3O3/c1-21-7-5-13(25-28-10-9-23)11-18(21)15(20(24)27)12-14-16-3-4-19(26)22(16,2)8-6-17(14)21/h14-18H,3-12,23H2,1-2H3,(H2,24,27)/t14-,15-,16-,17-,18?,21+,22-/m0/s1. The number of rotatable bonds is 4. The highest BCUT2D eigenvalue weighted by Gasteiger charge is 2.62. The first-order valence-corrected chi connectivity index (χ1v) is 11.0. The molecule has 4 N–H and O–H groups in total. The van der Waals surface area contributed by atoms with Gasteiger partial charge in [-0.25, -0.2) is 0 Å². The zero-order valence-corrected chi connectivity index (χ0v) is 17.3. The van der Waals surface area contributed by atoms with Crippen LogP contribution < -0.4 is 11.5 Å². The number of amides is 1. The molecule has 6 nitrogen and oxygen atoms in total. The molecule has 7 atom stereocenters. The van der Waals surface area contributed by atoms with E-state index in [1.165, 1.54) is 0 Å². The Morgan fingerprint density at radius 3 is 2.68 bits per heavy atom. The van der Waals surface area contributed by atoms with Crippen LogP contribution in [0.15, 0.2) is 5.16 Å². The molecule has 0 heterocycles. The molecule has 1 unspecified atom stereocenters. The molecule has 0 bridgehead atoms. The molecule has 1 amide bonds. The molecule has 0 saturated heterocycles. The van der Waals surface area contributed by atoms with Crippen LogP contribution in [0.25, 0.3) is 0 Å². The van der Waals surface area contributed by atoms with Crippen LogP contribution in [0.2, 0.25) is 0 Å². The molecule has 4 aliphatic carbocycles. The second kappa shape index (κ2) is 7.12. The third-order valence-electron chi connectivity index (χ3n) is 9.03. The smallest absolute Gasteiger partial charge is 0.220 e. The van der Waals surface area contributed by atoms with Crippen LogP contribution in [0.1, 0.15) is 65.2 Å². The Balaban J connectivity index is 1.63. The molecule has 0 radical (unpaired) electrons. The SMILES string of the molecule is C[C@]12CCC(=NOCCN)CC1[C@@H](C(N)=O)C[C@@H]1[C@@H]2CC[C@]2(C)C(=O)CC[C@@H]12. The Morgan fingerprint density at radius 2 is 1.96 bits per heavy atom. The first-order valence-electron chi connectivity index (χ1n) is 11.0. The van der Waals surface area contributed by atoms with Gasteiger partial charge in [0.05, 0.1) is 5.71 Å². The van der Waals surface area contributed by atoms with Gasteiger partial charge in [-0.1, -0.05) is 19.0 Å². The van der Waals surface area contributed by atoms with Crippen LogP contribution in [-0.2, 0) is 14.4 Å². The summed E-state index contributed by atoms with van der Waals surface area (Å²) < 4.78 is 0. The van der Waals surface area contributed by atoms with Crippen LogP contribution in [0.4, 0.5) is 0 Å². The lowest BCUT2D eigenvalue weighted by Gasteiger charge is -2.61. The Bertz CT molecular complexity index is 693. The lowest BCUT2D eigenvalue weighted by Crippen LogP contribution is -2.58. The van der Waals surface area contributed by atoms with Crippen molar-refractivity contribution in [3.8, 4) is 0 Å². The van der Waals surface area contributed by atoms with Gasteiger partial charge in [0.15, 0.2) is 0 Å². The van der Waals surface area contributed by atoms with Crippen molar-refractivity contribution >= 4 is 17.4 Å². The van der Waals surface area contributed by atoms with Gasteiger partial charge in [0.2, 0.25) is 5.91 Å². The fourth-order valence-corrected chi connectivity index (χ4v) is 7.50. The van der Waals surface area contributed by atoms with Crippen LogP contribution in [0, 0.1) is 40.4 Å². The highest BCUT2D eigenvalue weighted by Crippen LogP contribution is 2.66. The monoisotopic (exact) mass is 389 g/mol. The fraction of sp³-hybridized carbons (Fsp3) is 0.864. The summed E-state index contributed by atoms with van der Waals surface area (Å²) in [7, 11) is 0. The van der Waals surface area contributed by atoms with Crippen molar-refractivity contribution in [2.45, 2.75) is 65.2 Å². The molecule has 156 valence electrons. The average Bonchev–Trinajstić information content (AvgIpc) is 2.96. The van der Waals surface area contributed by atoms with Gasteiger partial charge >= 0.3 is 0 Å². The van der Waals surface area contributed by atoms with Gasteiger partial charge in [-0.2, -0.15) is 0 Å². The first kappa shape index (κ1) is 19.9. The minimum absolute atomic E-state index is 0.0858. The van der Waals surface area contributed by atoms with E-state index in [1.54, 1.807) is 0 Å². The van der Waals surface area contributed by atoms with Crippen LogP contribution in [0.5, 0.6) is 0 Å². The summed E-state index contributed by atoms with van der Waals surface area (Å²) in [5, 5.41) is 4.31. The van der Waals surface area contributed by atoms with E-state index in [4.69, 9.17) is 16.3 Å². The van der Waals surface area contributed by atoms with Crippen molar-refractivity contribution in [1.82, 2.24) is 0 Å². The van der Waals surface area contributed by atoms with Crippen molar-refractivity contribution in [1.29, 1.82) is 0 Å². The minimum atomic E-state index is -0.185. The minimum Gasteiger partial charge on any atom is -0.395 e. The summed E-state index contributed by atoms with van der Waals surface area (Å²) in [5.74, 6) is 1.77. The van der Waals surface area contributed by atoms with Gasteiger partial charge in [0.1, 0.15) is 12.4 Å². The number of nitrogens with two attached hydrogens (primary N) is 2. The number of fused-ring (bicyclic) bond motifs is 5. The van der Waals surface area contributed by atoms with Crippen molar-refractivity contribution in [3.05, 3.63) is 0 Å². The molecular formula is C22H35N3O3. The summed E-state index contributed by atoms with van der Waals surface area (Å²) in [6, 6.07) is 0. The summed E-state index contributed by atoms with van der Waals surface area (Å²) in [4.78, 5) is 30.4. The molecule has 0 aromatic heterocycles. The first-order chi connectivity index (χ1) is 13.3. The normalized spacial score (nSPS) is 46.6. The molecule has 0 aromatic rings. The number of hydrogen-bond acceptors (Lipinski definition) is 5. The summed E-state index contributed by atoms with van der Waals surface area (Å²) in [5.41, 5.74) is 12.4. The fourth-order valence-electron chi connectivity index (χ4n) is 7.50. The topological polar surface area (TPSA) is 108 Å². The van der Waals surface area contributed by atoms with Crippen molar-refractivity contribution in [3.63, 3.8) is 0 Å². The molecule has 4 saturated carbocycles. The van der Waals surface area contributed by atoms with Gasteiger partial charge in [0.25, 0.3) is 0 Å². The van der Waals surface area contributed by atoms with Crippen molar-refractivity contribution in [2.24, 2.45) is 57.0 Å². The average molecular weight is 390 g/mol. The third kappa shape index (κ3) is 2.90. The number of nitrogens with zero attached hydrogens (tertiary/aromatic N) is 1. The lowest BCUT2D eigenvalue weighted by molar-refractivity contribution is -0.150. The van der Waals surface area contributed by atoms with Gasteiger partial charge in [-0.15, -0.1) is 0 Å². The van der Waals surface area contributed by atoms with Crippen LogP contribution in [-0.4, -0.2) is 30.6 Å². The molecular weight excluding hydrogens is 354 g/mol. The van der Waals surface area contributed by atoms with Crippen molar-refractivity contribution in [2.75, 3.05) is 13.2 Å². The molecule has 0 aliphatic heterocycles. The number of Topliss-reactive ketones (excluding diaryl/α,β-unsaturated/α-hetero) is 1. The molecule has 6 heteroatoms. The number of oxime groups is 1. The predicted molar refractivity (Wildman–Crippen MR) is 107 cm³/mol. The van der Waals surface area contributed by atoms with E-state index < -0.39 is 0 Å². The number of primary amides is 1. The van der Waals surface area contributed by atoms with E-state index in [0.717, 1.165) is 50.7 Å². The van der Waals surface area contributed by atoms with Gasteiger partial charge in [-0.05, 0) is 74.0 Å². The Morgan fingerprint density at radius 1 is 1.18 bits per heavy atom. The summed E-state index contributed by atoms with van der Waals surface area (Å²) in [6.07, 6.45) is 7.35. The maximum atomic E-state index is 12.6. The highest BCUT2D eigenvalue weighted by atomic mass is 16.6. The second-order valence-corrected chi connectivity index (χ2v) is 10.1. The Hall–Kier alpha value is -1.43. The van der Waals surface area contributed by atoms with E-state index in [-0.39, 0.29) is 28.6 Å². The van der Waals surface area contributed by atoms with Crippen LogP contribution in [0.3, 0.4) is 0 Å². The zero-order chi connectivity index (χ0) is 20.1. The zero-order valence-electron chi connectivity index (χ0n) is 17.3. The van der Waals surface area contributed by atoms with Crippen LogP contribution >= 0.6 is 0 Å². The predicted octanol–water partition coefficient (Wildman–Crippen LogP) is 2.64. The Kier molecular flexibility index (Phi) is 5.05. The van der Waals surface area contributed by atoms with Gasteiger partial charge in [0, 0.05) is 24.3 Å². The van der Waals surface area contributed by atoms with Gasteiger partial charge in [-0.3, -0.25) is 9.59 Å². The quantitative estimate of drug-likeness (QED) is 0.569. The molecule has 0 spiro atoms. The van der Waals surface area contributed by atoms with E-state index in [1.807, 2.05) is 0 Å². The molecule has 4 rings (SSSR count). The number of ketones is 1. The Labute approximate surface area is 167 Å². The second-order valence-electron chi connectivity index (χ2n) is 10.1. The molecule has 4 fully saturated rings. The number of hydrogen-bond donors (Lipinski definition) is 2. The van der Waals surface area contributed by atoms with E-state index >= 15 is 0 Å². The molecule has 0 aromatic carbocycles. The number of carbonyl (C=O) groups excluding carboxylic acids is 2. The molecule has 28 heavy (non-hydrogen) atoms. The van der Waals surface area contributed by atoms with Gasteiger partial charge < -0.3 is 16.3 Å².